The zero-order chi connectivity index (χ0) is 14.9. The normalized spacial score (nSPS) is 35.2. The van der Waals surface area contributed by atoms with Crippen LogP contribution in [-0.2, 0) is 20.1 Å². The molecule has 0 bridgehead atoms. The number of rotatable bonds is 1. The van der Waals surface area contributed by atoms with Crippen LogP contribution in [0.1, 0.15) is 62.3 Å². The molecule has 0 aromatic heterocycles. The molecule has 0 aromatic carbocycles. The fourth-order valence-electron chi connectivity index (χ4n) is 2.39. The minimum atomic E-state index is -1.01. The first-order valence-electron chi connectivity index (χ1n) is 7.25. The maximum absolute atomic E-state index is 9.10. The molecule has 0 unspecified atom stereocenters. The predicted molar refractivity (Wildman–Crippen MR) is 78.4 cm³/mol. The van der Waals surface area contributed by atoms with Gasteiger partial charge in [-0.25, -0.2) is 0 Å². The Balaban J connectivity index is 0. The molecule has 1 aliphatic carbocycles. The molecule has 0 amide bonds. The van der Waals surface area contributed by atoms with Crippen LogP contribution in [0.2, 0.25) is 0 Å². The molecule has 0 atom stereocenters. The minimum absolute atomic E-state index is 0. The average molecular weight is 451 g/mol. The first kappa shape index (κ1) is 21.9. The van der Waals surface area contributed by atoms with E-state index in [0.29, 0.717) is 0 Å². The van der Waals surface area contributed by atoms with Crippen LogP contribution in [0.5, 0.6) is 0 Å². The molecule has 1 aliphatic rings. The fraction of sp³-hybridized carbons (Fsp3) is 1.00. The van der Waals surface area contributed by atoms with E-state index in [1.54, 1.807) is 27.7 Å². The summed E-state index contributed by atoms with van der Waals surface area (Å²) in [6.07, 6.45) is 0. The van der Waals surface area contributed by atoms with E-state index in [4.69, 9.17) is 10.2 Å². The minimum Gasteiger partial charge on any atom is -0.387 e. The second-order valence-corrected chi connectivity index (χ2v) is 7.41. The summed E-state index contributed by atoms with van der Waals surface area (Å²) >= 11 is 0. The van der Waals surface area contributed by atoms with Crippen molar-refractivity contribution in [3.8, 4) is 0 Å². The Morgan fingerprint density at radius 3 is 0.684 bits per heavy atom. The first-order chi connectivity index (χ1) is 7.80. The Bertz CT molecular complexity index is 196. The van der Waals surface area contributed by atoms with Gasteiger partial charge in [-0.1, -0.05) is 34.6 Å². The van der Waals surface area contributed by atoms with Crippen LogP contribution in [0.25, 0.3) is 0 Å². The van der Waals surface area contributed by atoms with Gasteiger partial charge in [0.15, 0.2) is 0 Å². The van der Waals surface area contributed by atoms with Crippen molar-refractivity contribution in [3.63, 3.8) is 0 Å². The smallest absolute Gasteiger partial charge is 0.0872 e. The van der Waals surface area contributed by atoms with Crippen molar-refractivity contribution in [2.24, 2.45) is 29.6 Å². The summed E-state index contributed by atoms with van der Waals surface area (Å²) in [5.74, 6) is 4.68. The number of hydrogen-bond acceptors (Lipinski definition) is 2. The van der Waals surface area contributed by atoms with E-state index < -0.39 is 11.2 Å². The maximum atomic E-state index is 9.10. The number of aliphatic hydroxyl groups is 2. The van der Waals surface area contributed by atoms with Crippen LogP contribution in [-0.4, -0.2) is 21.4 Å². The third-order valence-corrected chi connectivity index (χ3v) is 5.64. The predicted octanol–water partition coefficient (Wildman–Crippen LogP) is 3.71. The van der Waals surface area contributed by atoms with Gasteiger partial charge in [0.05, 0.1) is 11.2 Å². The number of hydrogen-bond donors (Lipinski definition) is 2. The Kier molecular flexibility index (Phi) is 8.68. The third-order valence-electron chi connectivity index (χ3n) is 5.64. The second-order valence-electron chi connectivity index (χ2n) is 7.41. The zero-order valence-electron chi connectivity index (χ0n) is 14.1. The Morgan fingerprint density at radius 1 is 0.526 bits per heavy atom. The van der Waals surface area contributed by atoms with E-state index in [1.165, 1.54) is 0 Å². The van der Waals surface area contributed by atoms with Gasteiger partial charge in [0.25, 0.3) is 0 Å². The molecule has 2 nitrogen and oxygen atoms in total. The van der Waals surface area contributed by atoms with Gasteiger partial charge in [-0.3, -0.25) is 0 Å². The van der Waals surface area contributed by atoms with Crippen molar-refractivity contribution in [1.82, 2.24) is 0 Å². The van der Waals surface area contributed by atoms with Crippen molar-refractivity contribution in [3.05, 3.63) is 0 Å². The summed E-state index contributed by atoms with van der Waals surface area (Å²) in [5, 5.41) is 18.2. The molecule has 0 aromatic rings. The topological polar surface area (TPSA) is 40.5 Å². The second kappa shape index (κ2) is 7.54. The van der Waals surface area contributed by atoms with Crippen molar-refractivity contribution in [1.29, 1.82) is 0 Å². The Morgan fingerprint density at radius 2 is 0.632 bits per heavy atom. The first-order valence-corrected chi connectivity index (χ1v) is 7.25. The van der Waals surface area contributed by atoms with E-state index in [1.807, 2.05) is 0 Å². The van der Waals surface area contributed by atoms with Crippen molar-refractivity contribution in [2.45, 2.75) is 73.5 Å². The van der Waals surface area contributed by atoms with Gasteiger partial charge in [0, 0.05) is 20.1 Å². The Hall–Kier alpha value is 0.569. The quantitative estimate of drug-likeness (QED) is 0.640. The Labute approximate surface area is 133 Å². The van der Waals surface area contributed by atoms with Crippen molar-refractivity contribution >= 4 is 0 Å². The molecular formula is C16H34IrO2. The molecule has 1 fully saturated rings. The summed E-state index contributed by atoms with van der Waals surface area (Å²) in [6, 6.07) is 0. The SMILES string of the molecule is CC(C)(O)C(C)(C)O.CC1C(C)C(C)C(C)C1C.[Ir]. The van der Waals surface area contributed by atoms with E-state index in [-0.39, 0.29) is 20.1 Å². The van der Waals surface area contributed by atoms with Crippen molar-refractivity contribution in [2.75, 3.05) is 0 Å². The zero-order valence-corrected chi connectivity index (χ0v) is 16.5. The standard InChI is InChI=1S/C10H20.C6H14O2.Ir/c1-6-7(2)9(4)10(5)8(6)3;1-5(2,7)6(3,4)8;/h6-10H,1-5H3;7-8H,1-4H3;. The van der Waals surface area contributed by atoms with Crippen LogP contribution < -0.4 is 0 Å². The van der Waals surface area contributed by atoms with Gasteiger partial charge >= 0.3 is 0 Å². The molecule has 19 heavy (non-hydrogen) atoms. The van der Waals surface area contributed by atoms with E-state index >= 15 is 0 Å². The summed E-state index contributed by atoms with van der Waals surface area (Å²) < 4.78 is 0. The van der Waals surface area contributed by atoms with Crippen LogP contribution in [0, 0.1) is 29.6 Å². The molecule has 1 radical (unpaired) electrons. The van der Waals surface area contributed by atoms with Crippen molar-refractivity contribution < 1.29 is 30.3 Å². The monoisotopic (exact) mass is 451 g/mol. The molecule has 0 spiro atoms. The van der Waals surface area contributed by atoms with Crippen LogP contribution in [0.15, 0.2) is 0 Å². The summed E-state index contributed by atoms with van der Waals surface area (Å²) in [6.45, 7) is 18.3. The molecule has 1 saturated carbocycles. The fourth-order valence-corrected chi connectivity index (χ4v) is 2.39. The third kappa shape index (κ3) is 5.83. The van der Waals surface area contributed by atoms with Gasteiger partial charge in [0.2, 0.25) is 0 Å². The summed E-state index contributed by atoms with van der Waals surface area (Å²) in [7, 11) is 0. The molecule has 119 valence electrons. The maximum Gasteiger partial charge on any atom is 0.0872 e. The van der Waals surface area contributed by atoms with Gasteiger partial charge in [-0.15, -0.1) is 0 Å². The average Bonchev–Trinajstić information content (AvgIpc) is 2.35. The summed E-state index contributed by atoms with van der Waals surface area (Å²) in [4.78, 5) is 0. The van der Waals surface area contributed by atoms with Crippen LogP contribution >= 0.6 is 0 Å². The van der Waals surface area contributed by atoms with E-state index in [0.717, 1.165) is 29.6 Å². The van der Waals surface area contributed by atoms with Crippen LogP contribution in [0.4, 0.5) is 0 Å². The van der Waals surface area contributed by atoms with Gasteiger partial charge in [-0.05, 0) is 57.3 Å². The molecule has 2 N–H and O–H groups in total. The van der Waals surface area contributed by atoms with Gasteiger partial charge in [0.1, 0.15) is 0 Å². The molecule has 1 rings (SSSR count). The largest absolute Gasteiger partial charge is 0.387 e. The van der Waals surface area contributed by atoms with Crippen LogP contribution in [0.3, 0.4) is 0 Å². The molecular weight excluding hydrogens is 416 g/mol. The molecule has 0 aliphatic heterocycles. The summed E-state index contributed by atoms with van der Waals surface area (Å²) in [5.41, 5.74) is -2.01. The molecule has 0 saturated heterocycles. The molecule has 3 heteroatoms. The van der Waals surface area contributed by atoms with E-state index in [9.17, 15) is 0 Å². The van der Waals surface area contributed by atoms with Gasteiger partial charge < -0.3 is 10.2 Å². The molecule has 0 heterocycles. The van der Waals surface area contributed by atoms with Gasteiger partial charge in [-0.2, -0.15) is 0 Å². The van der Waals surface area contributed by atoms with E-state index in [2.05, 4.69) is 34.6 Å².